The van der Waals surface area contributed by atoms with E-state index in [1.54, 1.807) is 11.9 Å². The van der Waals surface area contributed by atoms with Crippen molar-refractivity contribution in [1.82, 2.24) is 10.2 Å². The lowest BCUT2D eigenvalue weighted by Gasteiger charge is -2.23. The molecule has 0 saturated carbocycles. The van der Waals surface area contributed by atoms with E-state index in [0.717, 1.165) is 6.42 Å². The number of amides is 2. The van der Waals surface area contributed by atoms with Crippen molar-refractivity contribution in [3.63, 3.8) is 0 Å². The summed E-state index contributed by atoms with van der Waals surface area (Å²) in [6, 6.07) is -0.00457. The first-order valence-electron chi connectivity index (χ1n) is 6.10. The fourth-order valence-electron chi connectivity index (χ4n) is 1.21. The predicted molar refractivity (Wildman–Crippen MR) is 68.4 cm³/mol. The maximum absolute atomic E-state index is 11.6. The fourth-order valence-corrected chi connectivity index (χ4v) is 1.21. The van der Waals surface area contributed by atoms with Crippen molar-refractivity contribution < 1.29 is 9.59 Å². The molecule has 5 heteroatoms. The Morgan fingerprint density at radius 1 is 1.29 bits per heavy atom. The summed E-state index contributed by atoms with van der Waals surface area (Å²) in [6.45, 7) is 6.48. The molecule has 0 aliphatic rings. The number of rotatable bonds is 7. The van der Waals surface area contributed by atoms with Crippen LogP contribution in [0.5, 0.6) is 0 Å². The molecule has 0 heterocycles. The minimum atomic E-state index is -0.110. The Kier molecular flexibility index (Phi) is 7.54. The van der Waals surface area contributed by atoms with Crippen LogP contribution in [0.1, 0.15) is 33.6 Å². The van der Waals surface area contributed by atoms with Gasteiger partial charge in [-0.15, -0.1) is 0 Å². The van der Waals surface area contributed by atoms with Gasteiger partial charge in [0, 0.05) is 26.1 Å². The number of nitrogens with one attached hydrogen (secondary N) is 1. The molecule has 17 heavy (non-hydrogen) atoms. The quantitative estimate of drug-likeness (QED) is 0.677. The Labute approximate surface area is 104 Å². The molecule has 0 saturated heterocycles. The summed E-state index contributed by atoms with van der Waals surface area (Å²) in [5.74, 6) is 0.318. The minimum Gasteiger partial charge on any atom is -0.347 e. The third-order valence-corrected chi connectivity index (χ3v) is 2.78. The molecule has 1 unspecified atom stereocenters. The first-order valence-corrected chi connectivity index (χ1v) is 6.10. The molecule has 0 aliphatic heterocycles. The van der Waals surface area contributed by atoms with Gasteiger partial charge in [-0.05, 0) is 19.3 Å². The number of hydrogen-bond acceptors (Lipinski definition) is 3. The van der Waals surface area contributed by atoms with Crippen LogP contribution < -0.4 is 11.1 Å². The summed E-state index contributed by atoms with van der Waals surface area (Å²) in [5.41, 5.74) is 5.47. The van der Waals surface area contributed by atoms with E-state index in [1.165, 1.54) is 0 Å². The molecule has 0 aromatic carbocycles. The number of carbonyl (C=O) groups excluding carboxylic acids is 2. The summed E-state index contributed by atoms with van der Waals surface area (Å²) in [6.07, 6.45) is 1.32. The van der Waals surface area contributed by atoms with Crippen molar-refractivity contribution in [3.8, 4) is 0 Å². The second kappa shape index (κ2) is 8.06. The van der Waals surface area contributed by atoms with Crippen LogP contribution in [0.2, 0.25) is 0 Å². The van der Waals surface area contributed by atoms with Crippen LogP contribution in [-0.2, 0) is 9.59 Å². The van der Waals surface area contributed by atoms with Gasteiger partial charge in [0.2, 0.25) is 11.8 Å². The summed E-state index contributed by atoms with van der Waals surface area (Å²) in [4.78, 5) is 24.6. The third-order valence-electron chi connectivity index (χ3n) is 2.78. The molecule has 5 nitrogen and oxygen atoms in total. The van der Waals surface area contributed by atoms with Gasteiger partial charge >= 0.3 is 0 Å². The van der Waals surface area contributed by atoms with E-state index >= 15 is 0 Å². The molecule has 0 spiro atoms. The smallest absolute Gasteiger partial charge is 0.241 e. The highest BCUT2D eigenvalue weighted by atomic mass is 16.2. The second-order valence-electron chi connectivity index (χ2n) is 4.80. The van der Waals surface area contributed by atoms with E-state index in [4.69, 9.17) is 5.73 Å². The summed E-state index contributed by atoms with van der Waals surface area (Å²) in [5, 5.41) is 2.63. The number of nitrogens with two attached hydrogens (primary N) is 1. The molecular formula is C12H25N3O2. The van der Waals surface area contributed by atoms with Gasteiger partial charge in [-0.25, -0.2) is 0 Å². The van der Waals surface area contributed by atoms with Crippen LogP contribution in [0.4, 0.5) is 0 Å². The lowest BCUT2D eigenvalue weighted by atomic mass is 10.1. The highest BCUT2D eigenvalue weighted by Gasteiger charge is 2.14. The summed E-state index contributed by atoms with van der Waals surface area (Å²) >= 11 is 0. The van der Waals surface area contributed by atoms with Gasteiger partial charge in [0.25, 0.3) is 0 Å². The third kappa shape index (κ3) is 6.94. The molecule has 3 N–H and O–H groups in total. The highest BCUT2D eigenvalue weighted by Crippen LogP contribution is 2.02. The molecule has 100 valence electrons. The Morgan fingerprint density at radius 3 is 2.35 bits per heavy atom. The van der Waals surface area contributed by atoms with Crippen LogP contribution >= 0.6 is 0 Å². The molecule has 0 aromatic heterocycles. The fraction of sp³-hybridized carbons (Fsp3) is 0.833. The first kappa shape index (κ1) is 15.9. The zero-order chi connectivity index (χ0) is 13.4. The number of carbonyl (C=O) groups is 2. The highest BCUT2D eigenvalue weighted by molar-refractivity contribution is 5.84. The van der Waals surface area contributed by atoms with Crippen molar-refractivity contribution in [2.45, 2.75) is 39.7 Å². The van der Waals surface area contributed by atoms with Crippen LogP contribution in [-0.4, -0.2) is 42.9 Å². The standard InChI is InChI=1S/C12H25N3O2/c1-9(2)5-6-11(16)14-8-12(17)15(4)10(3)7-13/h9-10H,5-8,13H2,1-4H3,(H,14,16). The first-order chi connectivity index (χ1) is 7.88. The lowest BCUT2D eigenvalue weighted by molar-refractivity contribution is -0.133. The molecule has 0 bridgehead atoms. The van der Waals surface area contributed by atoms with Gasteiger partial charge in [0.05, 0.1) is 6.54 Å². The zero-order valence-electron chi connectivity index (χ0n) is 11.3. The Bertz CT molecular complexity index is 254. The average Bonchev–Trinajstić information content (AvgIpc) is 2.31. The summed E-state index contributed by atoms with van der Waals surface area (Å²) in [7, 11) is 1.69. The van der Waals surface area contributed by atoms with Gasteiger partial charge < -0.3 is 16.0 Å². The number of likely N-dealkylation sites (N-methyl/N-ethyl adjacent to an activating group) is 1. The van der Waals surface area contributed by atoms with Crippen molar-refractivity contribution in [2.24, 2.45) is 11.7 Å². The van der Waals surface area contributed by atoms with Crippen LogP contribution in [0.15, 0.2) is 0 Å². The van der Waals surface area contributed by atoms with Gasteiger partial charge in [-0.1, -0.05) is 13.8 Å². The SMILES string of the molecule is CC(C)CCC(=O)NCC(=O)N(C)C(C)CN. The van der Waals surface area contributed by atoms with Gasteiger partial charge in [-0.3, -0.25) is 9.59 Å². The molecule has 2 amide bonds. The van der Waals surface area contributed by atoms with Gasteiger partial charge in [0.15, 0.2) is 0 Å². The second-order valence-corrected chi connectivity index (χ2v) is 4.80. The zero-order valence-corrected chi connectivity index (χ0v) is 11.3. The maximum atomic E-state index is 11.6. The van der Waals surface area contributed by atoms with Crippen LogP contribution in [0.25, 0.3) is 0 Å². The largest absolute Gasteiger partial charge is 0.347 e. The molecule has 0 rings (SSSR count). The van der Waals surface area contributed by atoms with Gasteiger partial charge in [-0.2, -0.15) is 0 Å². The lowest BCUT2D eigenvalue weighted by Crippen LogP contribution is -2.44. The van der Waals surface area contributed by atoms with E-state index < -0.39 is 0 Å². The van der Waals surface area contributed by atoms with Crippen molar-refractivity contribution in [3.05, 3.63) is 0 Å². The molecule has 1 atom stereocenters. The minimum absolute atomic E-state index is 0.00457. The molecular weight excluding hydrogens is 218 g/mol. The van der Waals surface area contributed by atoms with Crippen LogP contribution in [0.3, 0.4) is 0 Å². The Morgan fingerprint density at radius 2 is 1.88 bits per heavy atom. The van der Waals surface area contributed by atoms with E-state index in [-0.39, 0.29) is 24.4 Å². The maximum Gasteiger partial charge on any atom is 0.241 e. The molecule has 0 fully saturated rings. The van der Waals surface area contributed by atoms with E-state index in [2.05, 4.69) is 19.2 Å². The van der Waals surface area contributed by atoms with E-state index in [1.807, 2.05) is 6.92 Å². The van der Waals surface area contributed by atoms with Crippen molar-refractivity contribution in [2.75, 3.05) is 20.1 Å². The monoisotopic (exact) mass is 243 g/mol. The number of hydrogen-bond donors (Lipinski definition) is 2. The Balaban J connectivity index is 3.87. The van der Waals surface area contributed by atoms with E-state index in [0.29, 0.717) is 18.9 Å². The van der Waals surface area contributed by atoms with E-state index in [9.17, 15) is 9.59 Å². The number of nitrogens with zero attached hydrogens (tertiary/aromatic N) is 1. The normalized spacial score (nSPS) is 12.4. The van der Waals surface area contributed by atoms with Gasteiger partial charge in [0.1, 0.15) is 0 Å². The Hall–Kier alpha value is -1.10. The van der Waals surface area contributed by atoms with Crippen molar-refractivity contribution >= 4 is 11.8 Å². The van der Waals surface area contributed by atoms with Crippen LogP contribution in [0, 0.1) is 5.92 Å². The average molecular weight is 243 g/mol. The topological polar surface area (TPSA) is 75.4 Å². The van der Waals surface area contributed by atoms with Crippen molar-refractivity contribution in [1.29, 1.82) is 0 Å². The molecule has 0 aliphatic carbocycles. The molecule has 0 aromatic rings. The predicted octanol–water partition coefficient (Wildman–Crippen LogP) is 0.344. The molecule has 0 radical (unpaired) electrons. The summed E-state index contributed by atoms with van der Waals surface area (Å²) < 4.78 is 0.